The maximum absolute atomic E-state index is 11.2. The number of alkyl carbamates (subject to hydrolysis) is 1. The van der Waals surface area contributed by atoms with E-state index in [-0.39, 0.29) is 11.9 Å². The van der Waals surface area contributed by atoms with Crippen LogP contribution in [0.2, 0.25) is 0 Å². The maximum atomic E-state index is 11.2. The Morgan fingerprint density at radius 3 is 2.82 bits per heavy atom. The number of nitrogen functional groups attached to an aromatic ring is 1. The molecular weight excluding hydrogens is 218 g/mol. The third-order valence-electron chi connectivity index (χ3n) is 2.02. The van der Waals surface area contributed by atoms with Gasteiger partial charge in [-0.3, -0.25) is 5.41 Å². The molecule has 0 atom stereocenters. The molecule has 0 heterocycles. The molecule has 0 radical (unpaired) electrons. The van der Waals surface area contributed by atoms with Crippen LogP contribution in [0, 0.1) is 5.41 Å². The molecule has 0 fully saturated rings. The van der Waals surface area contributed by atoms with E-state index in [0.717, 1.165) is 5.56 Å². The van der Waals surface area contributed by atoms with Gasteiger partial charge in [-0.2, -0.15) is 0 Å². The van der Waals surface area contributed by atoms with Crippen molar-refractivity contribution in [2.75, 3.05) is 0 Å². The predicted molar refractivity (Wildman–Crippen MR) is 65.9 cm³/mol. The SMILES string of the molecule is CC(C)OC(=O)NCc1cccc(C(=N)N)c1. The normalized spacial score (nSPS) is 10.1. The molecule has 17 heavy (non-hydrogen) atoms. The quantitative estimate of drug-likeness (QED) is 0.547. The molecule has 0 aliphatic rings. The van der Waals surface area contributed by atoms with Gasteiger partial charge in [0.15, 0.2) is 0 Å². The summed E-state index contributed by atoms with van der Waals surface area (Å²) in [4.78, 5) is 11.2. The molecule has 0 spiro atoms. The molecule has 5 heteroatoms. The maximum Gasteiger partial charge on any atom is 0.407 e. The lowest BCUT2D eigenvalue weighted by Crippen LogP contribution is -2.26. The second kappa shape index (κ2) is 5.89. The summed E-state index contributed by atoms with van der Waals surface area (Å²) in [5.41, 5.74) is 6.89. The lowest BCUT2D eigenvalue weighted by Gasteiger charge is -2.10. The summed E-state index contributed by atoms with van der Waals surface area (Å²) >= 11 is 0. The van der Waals surface area contributed by atoms with Crippen molar-refractivity contribution in [3.63, 3.8) is 0 Å². The van der Waals surface area contributed by atoms with Gasteiger partial charge in [0.05, 0.1) is 6.10 Å². The molecule has 1 aromatic carbocycles. The van der Waals surface area contributed by atoms with Crippen LogP contribution < -0.4 is 11.1 Å². The predicted octanol–water partition coefficient (Wildman–Crippen LogP) is 1.61. The summed E-state index contributed by atoms with van der Waals surface area (Å²) in [5.74, 6) is 0.0107. The number of nitrogens with one attached hydrogen (secondary N) is 2. The fourth-order valence-corrected chi connectivity index (χ4v) is 1.28. The van der Waals surface area contributed by atoms with Gasteiger partial charge in [0.25, 0.3) is 0 Å². The number of amidine groups is 1. The number of nitrogens with two attached hydrogens (primary N) is 1. The van der Waals surface area contributed by atoms with Gasteiger partial charge in [-0.25, -0.2) is 4.79 Å². The van der Waals surface area contributed by atoms with E-state index >= 15 is 0 Å². The van der Waals surface area contributed by atoms with Crippen molar-refractivity contribution >= 4 is 11.9 Å². The van der Waals surface area contributed by atoms with Gasteiger partial charge in [-0.1, -0.05) is 18.2 Å². The number of ether oxygens (including phenoxy) is 1. The van der Waals surface area contributed by atoms with E-state index in [9.17, 15) is 4.79 Å². The van der Waals surface area contributed by atoms with Gasteiger partial charge in [-0.05, 0) is 25.5 Å². The minimum Gasteiger partial charge on any atom is -0.447 e. The first-order valence-corrected chi connectivity index (χ1v) is 5.37. The van der Waals surface area contributed by atoms with Gasteiger partial charge >= 0.3 is 6.09 Å². The highest BCUT2D eigenvalue weighted by Gasteiger charge is 2.04. The van der Waals surface area contributed by atoms with E-state index in [1.807, 2.05) is 6.07 Å². The molecule has 0 aliphatic carbocycles. The molecule has 92 valence electrons. The Balaban J connectivity index is 2.54. The van der Waals surface area contributed by atoms with Gasteiger partial charge in [-0.15, -0.1) is 0 Å². The molecular formula is C12H17N3O2. The number of benzene rings is 1. The Labute approximate surface area is 100 Å². The summed E-state index contributed by atoms with van der Waals surface area (Å²) in [6.07, 6.45) is -0.591. The van der Waals surface area contributed by atoms with Crippen molar-refractivity contribution in [2.24, 2.45) is 5.73 Å². The second-order valence-electron chi connectivity index (χ2n) is 3.92. The molecule has 4 N–H and O–H groups in total. The highest BCUT2D eigenvalue weighted by Crippen LogP contribution is 2.04. The van der Waals surface area contributed by atoms with E-state index < -0.39 is 6.09 Å². The molecule has 0 saturated heterocycles. The monoisotopic (exact) mass is 235 g/mol. The average Bonchev–Trinajstić information content (AvgIpc) is 2.26. The van der Waals surface area contributed by atoms with Crippen LogP contribution >= 0.6 is 0 Å². The van der Waals surface area contributed by atoms with E-state index in [1.54, 1.807) is 32.0 Å². The van der Waals surface area contributed by atoms with Gasteiger partial charge < -0.3 is 15.8 Å². The minimum absolute atomic E-state index is 0.0107. The number of amides is 1. The largest absolute Gasteiger partial charge is 0.447 e. The van der Waals surface area contributed by atoms with Crippen LogP contribution in [0.3, 0.4) is 0 Å². The number of rotatable bonds is 4. The summed E-state index contributed by atoms with van der Waals surface area (Å²) < 4.78 is 4.93. The number of carbonyl (C=O) groups is 1. The number of hydrogen-bond donors (Lipinski definition) is 3. The lowest BCUT2D eigenvalue weighted by atomic mass is 10.1. The molecule has 1 amide bonds. The first-order chi connectivity index (χ1) is 7.99. The van der Waals surface area contributed by atoms with Crippen molar-refractivity contribution in [3.05, 3.63) is 35.4 Å². The van der Waals surface area contributed by atoms with Gasteiger partial charge in [0, 0.05) is 12.1 Å². The Morgan fingerprint density at radius 2 is 2.24 bits per heavy atom. The summed E-state index contributed by atoms with van der Waals surface area (Å²) in [6, 6.07) is 7.15. The lowest BCUT2D eigenvalue weighted by molar-refractivity contribution is 0.115. The second-order valence-corrected chi connectivity index (χ2v) is 3.92. The van der Waals surface area contributed by atoms with Crippen molar-refractivity contribution in [1.82, 2.24) is 5.32 Å². The first kappa shape index (κ1) is 13.0. The Kier molecular flexibility index (Phi) is 4.51. The smallest absolute Gasteiger partial charge is 0.407 e. The van der Waals surface area contributed by atoms with E-state index in [2.05, 4.69) is 5.32 Å². The number of carbonyl (C=O) groups excluding carboxylic acids is 1. The first-order valence-electron chi connectivity index (χ1n) is 5.37. The van der Waals surface area contributed by atoms with Crippen LogP contribution in [0.5, 0.6) is 0 Å². The van der Waals surface area contributed by atoms with Crippen LogP contribution in [-0.2, 0) is 11.3 Å². The van der Waals surface area contributed by atoms with Crippen LogP contribution in [-0.4, -0.2) is 18.0 Å². The van der Waals surface area contributed by atoms with Crippen LogP contribution in [0.25, 0.3) is 0 Å². The van der Waals surface area contributed by atoms with E-state index in [0.29, 0.717) is 12.1 Å². The fourth-order valence-electron chi connectivity index (χ4n) is 1.28. The van der Waals surface area contributed by atoms with Gasteiger partial charge in [0.1, 0.15) is 5.84 Å². The van der Waals surface area contributed by atoms with Crippen molar-refractivity contribution in [1.29, 1.82) is 5.41 Å². The van der Waals surface area contributed by atoms with E-state index in [4.69, 9.17) is 15.9 Å². The zero-order valence-electron chi connectivity index (χ0n) is 9.99. The Bertz CT molecular complexity index is 416. The molecule has 5 nitrogen and oxygen atoms in total. The molecule has 0 aromatic heterocycles. The third kappa shape index (κ3) is 4.55. The molecule has 0 unspecified atom stereocenters. The minimum atomic E-state index is -0.451. The van der Waals surface area contributed by atoms with Crippen LogP contribution in [0.1, 0.15) is 25.0 Å². The zero-order chi connectivity index (χ0) is 12.8. The van der Waals surface area contributed by atoms with Gasteiger partial charge in [0.2, 0.25) is 0 Å². The molecule has 1 aromatic rings. The summed E-state index contributed by atoms with van der Waals surface area (Å²) in [6.45, 7) is 3.93. The molecule has 0 bridgehead atoms. The topological polar surface area (TPSA) is 88.2 Å². The highest BCUT2D eigenvalue weighted by atomic mass is 16.6. The van der Waals surface area contributed by atoms with E-state index in [1.165, 1.54) is 0 Å². The molecule has 0 aliphatic heterocycles. The zero-order valence-corrected chi connectivity index (χ0v) is 9.99. The number of hydrogen-bond acceptors (Lipinski definition) is 3. The van der Waals surface area contributed by atoms with Crippen molar-refractivity contribution in [2.45, 2.75) is 26.5 Å². The molecule has 1 rings (SSSR count). The Hall–Kier alpha value is -2.04. The van der Waals surface area contributed by atoms with Crippen molar-refractivity contribution < 1.29 is 9.53 Å². The Morgan fingerprint density at radius 1 is 1.53 bits per heavy atom. The molecule has 0 saturated carbocycles. The summed E-state index contributed by atoms with van der Waals surface area (Å²) in [7, 11) is 0. The van der Waals surface area contributed by atoms with Crippen LogP contribution in [0.15, 0.2) is 24.3 Å². The third-order valence-corrected chi connectivity index (χ3v) is 2.02. The summed E-state index contributed by atoms with van der Waals surface area (Å²) in [5, 5.41) is 9.93. The average molecular weight is 235 g/mol. The standard InChI is InChI=1S/C12H17N3O2/c1-8(2)17-12(16)15-7-9-4-3-5-10(6-9)11(13)14/h3-6,8H,7H2,1-2H3,(H3,13,14)(H,15,16). The van der Waals surface area contributed by atoms with Crippen LogP contribution in [0.4, 0.5) is 4.79 Å². The fraction of sp³-hybridized carbons (Fsp3) is 0.333. The highest BCUT2D eigenvalue weighted by molar-refractivity contribution is 5.95. The van der Waals surface area contributed by atoms with Crippen molar-refractivity contribution in [3.8, 4) is 0 Å².